The van der Waals surface area contributed by atoms with Crippen molar-refractivity contribution in [3.05, 3.63) is 72.5 Å². The number of hydrogen-bond donors (Lipinski definition) is 2. The molecular formula is C22H19FN4O2S. The molecule has 0 aliphatic carbocycles. The quantitative estimate of drug-likeness (QED) is 0.373. The molecule has 0 saturated carbocycles. The largest absolute Gasteiger partial charge is 0.497 e. The van der Waals surface area contributed by atoms with Gasteiger partial charge in [0, 0.05) is 28.8 Å². The van der Waals surface area contributed by atoms with Gasteiger partial charge in [0.05, 0.1) is 25.3 Å². The number of nitrogens with zero attached hydrogens (tertiary/aromatic N) is 2. The number of ether oxygens (including phenoxy) is 2. The minimum absolute atomic E-state index is 0.279. The van der Waals surface area contributed by atoms with Crippen LogP contribution in [0.3, 0.4) is 0 Å². The second kappa shape index (κ2) is 8.87. The summed E-state index contributed by atoms with van der Waals surface area (Å²) in [5, 5.41) is 3.29. The van der Waals surface area contributed by atoms with Gasteiger partial charge in [-0.3, -0.25) is 0 Å². The van der Waals surface area contributed by atoms with Crippen molar-refractivity contribution in [1.82, 2.24) is 9.97 Å². The first-order chi connectivity index (χ1) is 14.6. The van der Waals surface area contributed by atoms with E-state index < -0.39 is 0 Å². The van der Waals surface area contributed by atoms with Crippen molar-refractivity contribution in [3.8, 4) is 11.5 Å². The molecular weight excluding hydrogens is 403 g/mol. The number of rotatable bonds is 7. The average Bonchev–Trinajstić information content (AvgIpc) is 2.78. The minimum atomic E-state index is -0.279. The molecule has 1 heterocycles. The highest BCUT2D eigenvalue weighted by molar-refractivity contribution is 8.00. The fourth-order valence-corrected chi connectivity index (χ4v) is 3.41. The van der Waals surface area contributed by atoms with E-state index in [1.165, 1.54) is 24.1 Å². The van der Waals surface area contributed by atoms with Gasteiger partial charge in [0.2, 0.25) is 0 Å². The van der Waals surface area contributed by atoms with Crippen LogP contribution in [0.25, 0.3) is 11.0 Å². The monoisotopic (exact) mass is 422 g/mol. The Morgan fingerprint density at radius 2 is 1.40 bits per heavy atom. The third-order valence-corrected chi connectivity index (χ3v) is 5.07. The lowest BCUT2D eigenvalue weighted by Crippen LogP contribution is -2.02. The van der Waals surface area contributed by atoms with Crippen molar-refractivity contribution in [3.63, 3.8) is 0 Å². The topological polar surface area (TPSA) is 68.3 Å². The highest BCUT2D eigenvalue weighted by Gasteiger charge is 2.11. The summed E-state index contributed by atoms with van der Waals surface area (Å²) >= 11 is 1.32. The summed E-state index contributed by atoms with van der Waals surface area (Å²) < 4.78 is 27.1. The Morgan fingerprint density at radius 3 is 2.00 bits per heavy atom. The molecule has 0 saturated heterocycles. The molecule has 3 aromatic carbocycles. The molecule has 4 aromatic rings. The second-order valence-corrected chi connectivity index (χ2v) is 7.17. The van der Waals surface area contributed by atoms with Gasteiger partial charge >= 0.3 is 0 Å². The van der Waals surface area contributed by atoms with Crippen molar-refractivity contribution in [2.45, 2.75) is 4.90 Å². The maximum atomic E-state index is 13.2. The van der Waals surface area contributed by atoms with Gasteiger partial charge in [-0.25, -0.2) is 14.4 Å². The van der Waals surface area contributed by atoms with Gasteiger partial charge in [-0.1, -0.05) is 12.1 Å². The molecule has 0 amide bonds. The van der Waals surface area contributed by atoms with Gasteiger partial charge in [0.25, 0.3) is 0 Å². The van der Waals surface area contributed by atoms with Crippen LogP contribution >= 0.6 is 11.9 Å². The highest BCUT2D eigenvalue weighted by atomic mass is 32.2. The Hall–Kier alpha value is -3.52. The molecule has 0 aliphatic heterocycles. The Balaban J connectivity index is 1.68. The predicted octanol–water partition coefficient (Wildman–Crippen LogP) is 5.65. The van der Waals surface area contributed by atoms with E-state index in [0.717, 1.165) is 21.6 Å². The smallest absolute Gasteiger partial charge is 0.180 e. The molecule has 152 valence electrons. The zero-order chi connectivity index (χ0) is 20.9. The summed E-state index contributed by atoms with van der Waals surface area (Å²) in [5.74, 6) is 2.11. The number of hydrogen-bond acceptors (Lipinski definition) is 7. The number of fused-ring (bicyclic) bond motifs is 1. The number of para-hydroxylation sites is 2. The predicted molar refractivity (Wildman–Crippen MR) is 118 cm³/mol. The normalized spacial score (nSPS) is 10.6. The Kier molecular flexibility index (Phi) is 5.85. The Labute approximate surface area is 177 Å². The highest BCUT2D eigenvalue weighted by Crippen LogP contribution is 2.32. The van der Waals surface area contributed by atoms with E-state index in [0.29, 0.717) is 23.1 Å². The van der Waals surface area contributed by atoms with Crippen molar-refractivity contribution in [2.24, 2.45) is 0 Å². The van der Waals surface area contributed by atoms with E-state index in [1.807, 2.05) is 36.4 Å². The van der Waals surface area contributed by atoms with Crippen LogP contribution in [-0.2, 0) is 0 Å². The maximum absolute atomic E-state index is 13.2. The minimum Gasteiger partial charge on any atom is -0.497 e. The van der Waals surface area contributed by atoms with Gasteiger partial charge in [-0.2, -0.15) is 0 Å². The SMILES string of the molecule is COc1cc(Nc2nc3ccccc3nc2NSc2ccc(F)cc2)cc(OC)c1. The van der Waals surface area contributed by atoms with Crippen LogP contribution in [0.4, 0.5) is 21.7 Å². The van der Waals surface area contributed by atoms with Crippen LogP contribution in [0.5, 0.6) is 11.5 Å². The fourth-order valence-electron chi connectivity index (χ4n) is 2.78. The molecule has 2 N–H and O–H groups in total. The molecule has 0 atom stereocenters. The van der Waals surface area contributed by atoms with Crippen LogP contribution < -0.4 is 19.5 Å². The maximum Gasteiger partial charge on any atom is 0.180 e. The molecule has 0 radical (unpaired) electrons. The van der Waals surface area contributed by atoms with Crippen LogP contribution in [0.15, 0.2) is 71.6 Å². The summed E-state index contributed by atoms with van der Waals surface area (Å²) in [6.07, 6.45) is 0. The van der Waals surface area contributed by atoms with E-state index in [1.54, 1.807) is 32.4 Å². The van der Waals surface area contributed by atoms with Gasteiger partial charge in [0.1, 0.15) is 17.3 Å². The van der Waals surface area contributed by atoms with Gasteiger partial charge in [0.15, 0.2) is 11.6 Å². The van der Waals surface area contributed by atoms with E-state index in [4.69, 9.17) is 19.4 Å². The second-order valence-electron chi connectivity index (χ2n) is 6.29. The lowest BCUT2D eigenvalue weighted by Gasteiger charge is -2.14. The first-order valence-electron chi connectivity index (χ1n) is 9.10. The third-order valence-electron chi connectivity index (χ3n) is 4.26. The van der Waals surface area contributed by atoms with Crippen molar-refractivity contribution in [1.29, 1.82) is 0 Å². The van der Waals surface area contributed by atoms with Crippen molar-refractivity contribution >= 4 is 40.3 Å². The van der Waals surface area contributed by atoms with E-state index in [2.05, 4.69) is 10.0 Å². The zero-order valence-electron chi connectivity index (χ0n) is 16.3. The molecule has 1 aromatic heterocycles. The van der Waals surface area contributed by atoms with E-state index in [9.17, 15) is 4.39 Å². The molecule has 8 heteroatoms. The summed E-state index contributed by atoms with van der Waals surface area (Å²) in [4.78, 5) is 10.3. The number of halogens is 1. The Bertz CT molecular complexity index is 1150. The van der Waals surface area contributed by atoms with Crippen LogP contribution in [0.2, 0.25) is 0 Å². The van der Waals surface area contributed by atoms with Crippen LogP contribution in [-0.4, -0.2) is 24.2 Å². The summed E-state index contributed by atoms with van der Waals surface area (Å²) in [6, 6.07) is 19.3. The lowest BCUT2D eigenvalue weighted by atomic mass is 10.2. The van der Waals surface area contributed by atoms with Crippen LogP contribution in [0.1, 0.15) is 0 Å². The fraction of sp³-hybridized carbons (Fsp3) is 0.0909. The molecule has 4 rings (SSSR count). The van der Waals surface area contributed by atoms with E-state index >= 15 is 0 Å². The zero-order valence-corrected chi connectivity index (χ0v) is 17.2. The van der Waals surface area contributed by atoms with Crippen LogP contribution in [0, 0.1) is 5.82 Å². The Morgan fingerprint density at radius 1 is 0.800 bits per heavy atom. The summed E-state index contributed by atoms with van der Waals surface area (Å²) in [6.45, 7) is 0. The number of aromatic nitrogens is 2. The van der Waals surface area contributed by atoms with E-state index in [-0.39, 0.29) is 5.82 Å². The first-order valence-corrected chi connectivity index (χ1v) is 9.91. The standard InChI is InChI=1S/C22H19FN4O2S/c1-28-16-11-15(12-17(13-16)29-2)24-21-22(26-20-6-4-3-5-19(20)25-21)27-30-18-9-7-14(23)8-10-18/h3-13H,1-2H3,(H,24,25)(H,26,27). The number of nitrogens with one attached hydrogen (secondary N) is 2. The first kappa shape index (κ1) is 19.8. The van der Waals surface area contributed by atoms with Gasteiger partial charge in [-0.05, 0) is 48.3 Å². The number of benzene rings is 3. The molecule has 0 aliphatic rings. The third kappa shape index (κ3) is 4.55. The average molecular weight is 422 g/mol. The number of methoxy groups -OCH3 is 2. The molecule has 0 fully saturated rings. The van der Waals surface area contributed by atoms with Crippen molar-refractivity contribution < 1.29 is 13.9 Å². The lowest BCUT2D eigenvalue weighted by molar-refractivity contribution is 0.395. The van der Waals surface area contributed by atoms with Gasteiger partial charge in [-0.15, -0.1) is 0 Å². The van der Waals surface area contributed by atoms with Gasteiger partial charge < -0.3 is 19.5 Å². The molecule has 0 unspecified atom stereocenters. The summed E-state index contributed by atoms with van der Waals surface area (Å²) in [5.41, 5.74) is 2.26. The molecule has 0 spiro atoms. The molecule has 6 nitrogen and oxygen atoms in total. The number of anilines is 3. The molecule has 30 heavy (non-hydrogen) atoms. The van der Waals surface area contributed by atoms with Crippen molar-refractivity contribution in [2.75, 3.05) is 24.3 Å². The summed E-state index contributed by atoms with van der Waals surface area (Å²) in [7, 11) is 3.20. The molecule has 0 bridgehead atoms.